The Morgan fingerprint density at radius 3 is 3.12 bits per heavy atom. The summed E-state index contributed by atoms with van der Waals surface area (Å²) in [5.41, 5.74) is 2.56. The summed E-state index contributed by atoms with van der Waals surface area (Å²) in [6.07, 6.45) is 0.877. The van der Waals surface area contributed by atoms with Crippen LogP contribution in [0.25, 0.3) is 10.2 Å². The highest BCUT2D eigenvalue weighted by molar-refractivity contribution is 7.89. The second-order valence-electron chi connectivity index (χ2n) is 6.66. The number of methoxy groups -OCH3 is 1. The highest BCUT2D eigenvalue weighted by atomic mass is 32.2. The summed E-state index contributed by atoms with van der Waals surface area (Å²) in [5.74, 6) is 0. The van der Waals surface area contributed by atoms with Crippen molar-refractivity contribution in [2.75, 3.05) is 46.5 Å². The summed E-state index contributed by atoms with van der Waals surface area (Å²) in [6, 6.07) is 5.26. The largest absolute Gasteiger partial charge is 0.385 e. The van der Waals surface area contributed by atoms with Gasteiger partial charge in [-0.15, -0.1) is 11.3 Å². The van der Waals surface area contributed by atoms with Gasteiger partial charge in [0, 0.05) is 39.9 Å². The van der Waals surface area contributed by atoms with Gasteiger partial charge in [-0.3, -0.25) is 4.90 Å². The fourth-order valence-electron chi connectivity index (χ4n) is 3.76. The monoisotopic (exact) mass is 397 g/mol. The van der Waals surface area contributed by atoms with Gasteiger partial charge in [0.05, 0.1) is 39.4 Å². The smallest absolute Gasteiger partial charge is 0.243 e. The number of hydrogen-bond donors (Lipinski definition) is 0. The van der Waals surface area contributed by atoms with Crippen LogP contribution in [0.1, 0.15) is 6.42 Å². The zero-order valence-electron chi connectivity index (χ0n) is 14.7. The van der Waals surface area contributed by atoms with Crippen LogP contribution < -0.4 is 0 Å². The van der Waals surface area contributed by atoms with Gasteiger partial charge < -0.3 is 9.47 Å². The van der Waals surface area contributed by atoms with E-state index >= 15 is 0 Å². The first kappa shape index (κ1) is 18.3. The number of rotatable bonds is 6. The zero-order valence-corrected chi connectivity index (χ0v) is 16.3. The van der Waals surface area contributed by atoms with Crippen LogP contribution in [0.5, 0.6) is 0 Å². The number of hydrogen-bond acceptors (Lipinski definition) is 7. The maximum atomic E-state index is 13.1. The number of morpholine rings is 1. The minimum absolute atomic E-state index is 0.0618. The first-order valence-electron chi connectivity index (χ1n) is 8.77. The summed E-state index contributed by atoms with van der Waals surface area (Å²) in [4.78, 5) is 6.89. The number of fused-ring (bicyclic) bond motifs is 2. The van der Waals surface area contributed by atoms with Crippen molar-refractivity contribution in [3.05, 3.63) is 23.7 Å². The molecule has 3 heterocycles. The number of aromatic nitrogens is 1. The molecule has 0 aliphatic carbocycles. The average Bonchev–Trinajstić information content (AvgIpc) is 3.28. The van der Waals surface area contributed by atoms with Crippen LogP contribution in [-0.4, -0.2) is 81.3 Å². The van der Waals surface area contributed by atoms with Crippen molar-refractivity contribution >= 4 is 31.6 Å². The van der Waals surface area contributed by atoms with Crippen LogP contribution in [0, 0.1) is 0 Å². The third-order valence-electron chi connectivity index (χ3n) is 5.12. The predicted molar refractivity (Wildman–Crippen MR) is 100.0 cm³/mol. The van der Waals surface area contributed by atoms with Gasteiger partial charge in [0.1, 0.15) is 0 Å². The van der Waals surface area contributed by atoms with Crippen molar-refractivity contribution in [1.82, 2.24) is 14.2 Å². The Morgan fingerprint density at radius 2 is 2.27 bits per heavy atom. The minimum Gasteiger partial charge on any atom is -0.385 e. The number of benzene rings is 1. The topological polar surface area (TPSA) is 72.0 Å². The fourth-order valence-corrected chi connectivity index (χ4v) is 6.04. The van der Waals surface area contributed by atoms with Gasteiger partial charge in [-0.2, -0.15) is 4.31 Å². The maximum Gasteiger partial charge on any atom is 0.243 e. The Morgan fingerprint density at radius 1 is 1.38 bits per heavy atom. The van der Waals surface area contributed by atoms with Gasteiger partial charge >= 0.3 is 0 Å². The SMILES string of the molecule is COCCCN1CCO[C@H]2CN(S(=O)(=O)c3ccc4ncsc4c3)C[C@@H]21. The van der Waals surface area contributed by atoms with E-state index in [1.165, 1.54) is 11.3 Å². The fraction of sp³-hybridized carbons (Fsp3) is 0.588. The van der Waals surface area contributed by atoms with E-state index in [2.05, 4.69) is 9.88 Å². The molecule has 26 heavy (non-hydrogen) atoms. The molecule has 7 nitrogen and oxygen atoms in total. The van der Waals surface area contributed by atoms with E-state index in [4.69, 9.17) is 9.47 Å². The average molecular weight is 398 g/mol. The van der Waals surface area contributed by atoms with Gasteiger partial charge in [0.2, 0.25) is 10.0 Å². The van der Waals surface area contributed by atoms with Crippen molar-refractivity contribution in [2.45, 2.75) is 23.5 Å². The lowest BCUT2D eigenvalue weighted by molar-refractivity contribution is -0.0485. The van der Waals surface area contributed by atoms with Crippen LogP contribution in [0.3, 0.4) is 0 Å². The van der Waals surface area contributed by atoms with E-state index < -0.39 is 10.0 Å². The van der Waals surface area contributed by atoms with Crippen LogP contribution in [0.4, 0.5) is 0 Å². The molecule has 2 atom stereocenters. The lowest BCUT2D eigenvalue weighted by Gasteiger charge is -2.36. The van der Waals surface area contributed by atoms with Crippen molar-refractivity contribution in [2.24, 2.45) is 0 Å². The normalized spacial score (nSPS) is 25.0. The molecule has 0 N–H and O–H groups in total. The quantitative estimate of drug-likeness (QED) is 0.687. The standard InChI is InChI=1S/C17H23N3O4S2/c1-23-7-2-5-19-6-8-24-16-11-20(10-15(16)19)26(21,22)13-3-4-14-17(9-13)25-12-18-14/h3-4,9,12,15-16H,2,5-8,10-11H2,1H3/t15-,16-/m0/s1. The molecule has 0 radical (unpaired) electrons. The molecule has 0 saturated carbocycles. The number of ether oxygens (including phenoxy) is 2. The highest BCUT2D eigenvalue weighted by Gasteiger charge is 2.44. The van der Waals surface area contributed by atoms with Gasteiger partial charge in [0.25, 0.3) is 0 Å². The van der Waals surface area contributed by atoms with Crippen LogP contribution >= 0.6 is 11.3 Å². The summed E-state index contributed by atoms with van der Waals surface area (Å²) in [5, 5.41) is 0. The van der Waals surface area contributed by atoms with Gasteiger partial charge in [-0.25, -0.2) is 13.4 Å². The van der Waals surface area contributed by atoms with E-state index in [1.807, 2.05) is 0 Å². The summed E-state index contributed by atoms with van der Waals surface area (Å²) in [6.45, 7) is 3.99. The predicted octanol–water partition coefficient (Wildman–Crippen LogP) is 1.41. The first-order chi connectivity index (χ1) is 12.6. The Balaban J connectivity index is 1.52. The van der Waals surface area contributed by atoms with Crippen molar-refractivity contribution in [3.8, 4) is 0 Å². The molecule has 9 heteroatoms. The lowest BCUT2D eigenvalue weighted by Crippen LogP contribution is -2.51. The third-order valence-corrected chi connectivity index (χ3v) is 7.74. The number of nitrogens with zero attached hydrogens (tertiary/aromatic N) is 3. The van der Waals surface area contributed by atoms with E-state index in [0.717, 1.165) is 29.7 Å². The van der Waals surface area contributed by atoms with E-state index in [0.29, 0.717) is 31.2 Å². The Hall–Kier alpha value is -1.10. The van der Waals surface area contributed by atoms with Gasteiger partial charge in [0.15, 0.2) is 0 Å². The molecule has 0 spiro atoms. The molecule has 4 rings (SSSR count). The molecule has 2 aromatic rings. The van der Waals surface area contributed by atoms with Crippen LogP contribution in [0.15, 0.2) is 28.6 Å². The van der Waals surface area contributed by atoms with Crippen LogP contribution in [-0.2, 0) is 19.5 Å². The molecular weight excluding hydrogens is 374 g/mol. The molecule has 1 aromatic heterocycles. The van der Waals surface area contributed by atoms with Gasteiger partial charge in [-0.05, 0) is 24.6 Å². The molecule has 2 aliphatic rings. The summed E-state index contributed by atoms with van der Waals surface area (Å²) in [7, 11) is -1.83. The van der Waals surface area contributed by atoms with E-state index in [9.17, 15) is 8.42 Å². The van der Waals surface area contributed by atoms with Gasteiger partial charge in [-0.1, -0.05) is 0 Å². The molecule has 0 unspecified atom stereocenters. The van der Waals surface area contributed by atoms with E-state index in [-0.39, 0.29) is 12.1 Å². The van der Waals surface area contributed by atoms with Crippen LogP contribution in [0.2, 0.25) is 0 Å². The molecule has 1 aromatic carbocycles. The number of sulfonamides is 1. The molecule has 2 aliphatic heterocycles. The molecule has 142 valence electrons. The zero-order chi connectivity index (χ0) is 18.1. The Labute approximate surface area is 157 Å². The molecule has 2 fully saturated rings. The summed E-state index contributed by atoms with van der Waals surface area (Å²) < 4.78 is 39.7. The maximum absolute atomic E-state index is 13.1. The highest BCUT2D eigenvalue weighted by Crippen LogP contribution is 2.30. The minimum atomic E-state index is -3.53. The van der Waals surface area contributed by atoms with E-state index in [1.54, 1.807) is 35.1 Å². The Kier molecular flexibility index (Phi) is 5.27. The molecular formula is C17H23N3O4S2. The third kappa shape index (κ3) is 3.39. The number of thiazole rings is 1. The van der Waals surface area contributed by atoms with Crippen molar-refractivity contribution in [1.29, 1.82) is 0 Å². The summed E-state index contributed by atoms with van der Waals surface area (Å²) >= 11 is 1.45. The second-order valence-corrected chi connectivity index (χ2v) is 9.49. The van der Waals surface area contributed by atoms with Crippen molar-refractivity contribution in [3.63, 3.8) is 0 Å². The van der Waals surface area contributed by atoms with Crippen molar-refractivity contribution < 1.29 is 17.9 Å². The Bertz CT molecular complexity index is 870. The second kappa shape index (κ2) is 7.49. The molecule has 0 amide bonds. The molecule has 0 bridgehead atoms. The lowest BCUT2D eigenvalue weighted by atomic mass is 10.1. The first-order valence-corrected chi connectivity index (χ1v) is 11.1. The molecule has 2 saturated heterocycles.